The summed E-state index contributed by atoms with van der Waals surface area (Å²) in [7, 11) is 0. The molecule has 0 saturated heterocycles. The molecule has 1 aromatic carbocycles. The van der Waals surface area contributed by atoms with E-state index in [4.69, 9.17) is 15.2 Å². The van der Waals surface area contributed by atoms with E-state index < -0.39 is 0 Å². The molecule has 166 valence electrons. The second-order valence-corrected chi connectivity index (χ2v) is 9.82. The molecule has 1 saturated carbocycles. The Bertz CT molecular complexity index is 1180. The van der Waals surface area contributed by atoms with Gasteiger partial charge in [-0.1, -0.05) is 51.0 Å². The SMILES string of the molecule is Cc1c(-c2nc(-c3cscn3)nn2C(C)c2ccc(C(C)C)cc2)cnn1C1CCCC1. The van der Waals surface area contributed by atoms with Gasteiger partial charge in [0.15, 0.2) is 5.82 Å². The molecule has 4 aromatic rings. The van der Waals surface area contributed by atoms with E-state index in [0.29, 0.717) is 17.8 Å². The zero-order valence-electron chi connectivity index (χ0n) is 19.2. The first-order valence-electron chi connectivity index (χ1n) is 11.5. The Balaban J connectivity index is 1.58. The van der Waals surface area contributed by atoms with Crippen LogP contribution in [0.25, 0.3) is 22.9 Å². The van der Waals surface area contributed by atoms with Crippen LogP contribution in [0.4, 0.5) is 0 Å². The lowest BCUT2D eigenvalue weighted by atomic mass is 9.99. The summed E-state index contributed by atoms with van der Waals surface area (Å²) in [4.78, 5) is 9.41. The normalized spacial score (nSPS) is 15.7. The van der Waals surface area contributed by atoms with Crippen molar-refractivity contribution in [3.8, 4) is 22.9 Å². The molecular formula is C25H30N6S. The second kappa shape index (κ2) is 8.62. The lowest BCUT2D eigenvalue weighted by molar-refractivity contribution is 0.457. The largest absolute Gasteiger partial charge is 0.266 e. The molecule has 0 radical (unpaired) electrons. The number of hydrogen-bond acceptors (Lipinski definition) is 5. The van der Waals surface area contributed by atoms with Crippen molar-refractivity contribution in [3.05, 3.63) is 58.2 Å². The van der Waals surface area contributed by atoms with Crippen molar-refractivity contribution in [2.45, 2.75) is 71.4 Å². The molecular weight excluding hydrogens is 416 g/mol. The summed E-state index contributed by atoms with van der Waals surface area (Å²) in [6.07, 6.45) is 6.95. The van der Waals surface area contributed by atoms with E-state index in [9.17, 15) is 0 Å². The second-order valence-electron chi connectivity index (χ2n) is 9.10. The van der Waals surface area contributed by atoms with Gasteiger partial charge in [0, 0.05) is 11.1 Å². The molecule has 1 aliphatic rings. The van der Waals surface area contributed by atoms with Crippen molar-refractivity contribution in [2.24, 2.45) is 0 Å². The third-order valence-corrected chi connectivity index (χ3v) is 7.29. The van der Waals surface area contributed by atoms with Crippen LogP contribution in [0.3, 0.4) is 0 Å². The Kier molecular flexibility index (Phi) is 5.67. The maximum absolute atomic E-state index is 4.96. The number of rotatable bonds is 6. The van der Waals surface area contributed by atoms with Gasteiger partial charge in [-0.15, -0.1) is 16.4 Å². The maximum Gasteiger partial charge on any atom is 0.201 e. The summed E-state index contributed by atoms with van der Waals surface area (Å²) in [5, 5.41) is 11.7. The fourth-order valence-electron chi connectivity index (χ4n) is 4.67. The monoisotopic (exact) mass is 446 g/mol. The van der Waals surface area contributed by atoms with Crippen LogP contribution in [0.15, 0.2) is 41.4 Å². The fourth-order valence-corrected chi connectivity index (χ4v) is 5.20. The molecule has 0 spiro atoms. The highest BCUT2D eigenvalue weighted by Crippen LogP contribution is 2.34. The predicted molar refractivity (Wildman–Crippen MR) is 129 cm³/mol. The Morgan fingerprint density at radius 3 is 2.41 bits per heavy atom. The van der Waals surface area contributed by atoms with Crippen LogP contribution in [0.5, 0.6) is 0 Å². The third-order valence-electron chi connectivity index (χ3n) is 6.70. The van der Waals surface area contributed by atoms with E-state index in [1.165, 1.54) is 36.8 Å². The lowest BCUT2D eigenvalue weighted by Crippen LogP contribution is -2.12. The summed E-state index contributed by atoms with van der Waals surface area (Å²) in [6.45, 7) is 8.78. The first-order chi connectivity index (χ1) is 15.5. The highest BCUT2D eigenvalue weighted by molar-refractivity contribution is 7.07. The van der Waals surface area contributed by atoms with E-state index in [1.54, 1.807) is 11.3 Å². The zero-order chi connectivity index (χ0) is 22.2. The number of thiazole rings is 1. The van der Waals surface area contributed by atoms with Crippen LogP contribution in [-0.2, 0) is 0 Å². The lowest BCUT2D eigenvalue weighted by Gasteiger charge is -2.17. The molecule has 6 nitrogen and oxygen atoms in total. The summed E-state index contributed by atoms with van der Waals surface area (Å²) in [5.74, 6) is 2.04. The standard InChI is InChI=1S/C25H30N6S/c1-16(2)19-9-11-20(12-10-19)17(3)31-25(28-24(29-31)23-14-32-15-26-23)22-13-27-30(18(22)4)21-7-5-6-8-21/h9-17,21H,5-8H2,1-4H3. The molecule has 1 unspecified atom stereocenters. The molecule has 1 aliphatic carbocycles. The average Bonchev–Trinajstić information content (AvgIpc) is 3.59. The average molecular weight is 447 g/mol. The van der Waals surface area contributed by atoms with Gasteiger partial charge in [0.05, 0.1) is 29.4 Å². The van der Waals surface area contributed by atoms with Crippen molar-refractivity contribution in [1.82, 2.24) is 29.5 Å². The minimum Gasteiger partial charge on any atom is -0.266 e. The molecule has 32 heavy (non-hydrogen) atoms. The van der Waals surface area contributed by atoms with Crippen LogP contribution in [-0.4, -0.2) is 29.5 Å². The summed E-state index contributed by atoms with van der Waals surface area (Å²) in [5.41, 5.74) is 7.42. The van der Waals surface area contributed by atoms with Crippen molar-refractivity contribution in [1.29, 1.82) is 0 Å². The summed E-state index contributed by atoms with van der Waals surface area (Å²) in [6, 6.07) is 9.40. The molecule has 0 bridgehead atoms. The molecule has 3 aromatic heterocycles. The molecule has 3 heterocycles. The maximum atomic E-state index is 4.96. The summed E-state index contributed by atoms with van der Waals surface area (Å²) >= 11 is 1.56. The Labute approximate surface area is 193 Å². The number of aromatic nitrogens is 6. The van der Waals surface area contributed by atoms with Crippen molar-refractivity contribution >= 4 is 11.3 Å². The molecule has 1 atom stereocenters. The fraction of sp³-hybridized carbons (Fsp3) is 0.440. The van der Waals surface area contributed by atoms with Gasteiger partial charge < -0.3 is 0 Å². The van der Waals surface area contributed by atoms with Gasteiger partial charge >= 0.3 is 0 Å². The molecule has 0 N–H and O–H groups in total. The van der Waals surface area contributed by atoms with Gasteiger partial charge in [0.25, 0.3) is 0 Å². The number of nitrogens with zero attached hydrogens (tertiary/aromatic N) is 6. The van der Waals surface area contributed by atoms with Crippen LogP contribution < -0.4 is 0 Å². The van der Waals surface area contributed by atoms with Crippen molar-refractivity contribution < 1.29 is 0 Å². The highest BCUT2D eigenvalue weighted by atomic mass is 32.1. The smallest absolute Gasteiger partial charge is 0.201 e. The Morgan fingerprint density at radius 2 is 1.75 bits per heavy atom. The van der Waals surface area contributed by atoms with E-state index >= 15 is 0 Å². The van der Waals surface area contributed by atoms with Gasteiger partial charge in [-0.2, -0.15) is 5.10 Å². The highest BCUT2D eigenvalue weighted by Gasteiger charge is 2.25. The first-order valence-corrected chi connectivity index (χ1v) is 12.5. The molecule has 7 heteroatoms. The number of benzene rings is 1. The minimum absolute atomic E-state index is 0.0420. The Hall–Kier alpha value is -2.80. The van der Waals surface area contributed by atoms with Gasteiger partial charge in [-0.05, 0) is 43.7 Å². The van der Waals surface area contributed by atoms with Crippen molar-refractivity contribution in [3.63, 3.8) is 0 Å². The van der Waals surface area contributed by atoms with E-state index in [2.05, 4.69) is 61.6 Å². The van der Waals surface area contributed by atoms with Crippen molar-refractivity contribution in [2.75, 3.05) is 0 Å². The van der Waals surface area contributed by atoms with Gasteiger partial charge in [0.1, 0.15) is 5.69 Å². The third kappa shape index (κ3) is 3.79. The zero-order valence-corrected chi connectivity index (χ0v) is 20.0. The van der Waals surface area contributed by atoms with Crippen LogP contribution in [0.1, 0.15) is 81.3 Å². The van der Waals surface area contributed by atoms with Crippen LogP contribution in [0, 0.1) is 6.92 Å². The minimum atomic E-state index is 0.0420. The van der Waals surface area contributed by atoms with E-state index in [-0.39, 0.29) is 6.04 Å². The number of hydrogen-bond donors (Lipinski definition) is 0. The van der Waals surface area contributed by atoms with E-state index in [0.717, 1.165) is 22.8 Å². The molecule has 1 fully saturated rings. The van der Waals surface area contributed by atoms with Gasteiger partial charge in [-0.25, -0.2) is 14.6 Å². The van der Waals surface area contributed by atoms with Crippen LogP contribution >= 0.6 is 11.3 Å². The molecule has 0 aliphatic heterocycles. The van der Waals surface area contributed by atoms with Crippen LogP contribution in [0.2, 0.25) is 0 Å². The van der Waals surface area contributed by atoms with Gasteiger partial charge in [-0.3, -0.25) is 4.68 Å². The predicted octanol–water partition coefficient (Wildman–Crippen LogP) is 6.42. The molecule has 0 amide bonds. The van der Waals surface area contributed by atoms with Gasteiger partial charge in [0.2, 0.25) is 5.82 Å². The quantitative estimate of drug-likeness (QED) is 0.343. The summed E-state index contributed by atoms with van der Waals surface area (Å²) < 4.78 is 4.24. The Morgan fingerprint density at radius 1 is 1.03 bits per heavy atom. The first kappa shape index (κ1) is 21.1. The molecule has 5 rings (SSSR count). The topological polar surface area (TPSA) is 61.4 Å². The van der Waals surface area contributed by atoms with E-state index in [1.807, 2.05) is 21.8 Å².